The third-order valence-corrected chi connectivity index (χ3v) is 6.53. The van der Waals surface area contributed by atoms with Crippen molar-refractivity contribution in [3.05, 3.63) is 0 Å². The average molecular weight is 448 g/mol. The van der Waals surface area contributed by atoms with E-state index in [-0.39, 0.29) is 61.8 Å². The molecule has 0 saturated heterocycles. The maximum atomic E-state index is 12.6. The molecule has 0 amide bonds. The van der Waals surface area contributed by atoms with Gasteiger partial charge in [-0.2, -0.15) is 0 Å². The molecule has 0 aliphatic carbocycles. The van der Waals surface area contributed by atoms with Crippen LogP contribution in [0.15, 0.2) is 0 Å². The topological polar surface area (TPSA) is 157 Å². The first kappa shape index (κ1) is 28.8. The predicted molar refractivity (Wildman–Crippen MR) is 107 cm³/mol. The van der Waals surface area contributed by atoms with Crippen LogP contribution in [0.2, 0.25) is 0 Å². The molecular formula is C17H41N2O9P+2. The fourth-order valence-corrected chi connectivity index (χ4v) is 4.35. The van der Waals surface area contributed by atoms with Crippen LogP contribution >= 0.6 is 7.60 Å². The second-order valence-electron chi connectivity index (χ2n) is 7.25. The summed E-state index contributed by atoms with van der Waals surface area (Å²) in [6.45, 7) is 3.54. The Labute approximate surface area is 173 Å². The summed E-state index contributed by atoms with van der Waals surface area (Å²) in [6.07, 6.45) is 0. The Hall–Kier alpha value is -0.170. The number of nitrogens with zero attached hydrogens (tertiary/aromatic N) is 2. The fourth-order valence-electron chi connectivity index (χ4n) is 3.45. The summed E-state index contributed by atoms with van der Waals surface area (Å²) in [4.78, 5) is 0. The minimum atomic E-state index is -3.37. The first-order valence-corrected chi connectivity index (χ1v) is 12.0. The molecule has 0 spiro atoms. The lowest BCUT2D eigenvalue weighted by Crippen LogP contribution is -2.55. The summed E-state index contributed by atoms with van der Waals surface area (Å²) in [5, 5.41) is 55.7. The van der Waals surface area contributed by atoms with E-state index in [9.17, 15) is 35.2 Å². The monoisotopic (exact) mass is 448 g/mol. The lowest BCUT2D eigenvalue weighted by Gasteiger charge is -2.38. The standard InChI is InChI=1S/C17H41N2O9P/c1-29(26,27-16-8-18(2-10-20,3-11-21)4-12-22)28-17-9-19(5-13-23,6-14-24)7-15-25/h20-25H,2-17H2,1H3/q+2. The Morgan fingerprint density at radius 2 is 0.793 bits per heavy atom. The third kappa shape index (κ3) is 11.7. The lowest BCUT2D eigenvalue weighted by atomic mass is 10.3. The molecule has 176 valence electrons. The van der Waals surface area contributed by atoms with E-state index in [1.165, 1.54) is 6.66 Å². The van der Waals surface area contributed by atoms with Gasteiger partial charge in [-0.25, -0.2) is 0 Å². The Bertz CT molecular complexity index is 387. The first-order chi connectivity index (χ1) is 13.8. The van der Waals surface area contributed by atoms with E-state index in [4.69, 9.17) is 9.05 Å². The molecule has 0 fully saturated rings. The Kier molecular flexibility index (Phi) is 15.5. The normalized spacial score (nSPS) is 13.2. The van der Waals surface area contributed by atoms with Gasteiger partial charge >= 0.3 is 7.60 Å². The van der Waals surface area contributed by atoms with E-state index in [0.29, 0.717) is 52.4 Å². The van der Waals surface area contributed by atoms with Gasteiger partial charge in [0, 0.05) is 6.66 Å². The van der Waals surface area contributed by atoms with Crippen LogP contribution in [0.1, 0.15) is 0 Å². The number of aliphatic hydroxyl groups is 6. The van der Waals surface area contributed by atoms with E-state index in [1.54, 1.807) is 0 Å². The number of aliphatic hydroxyl groups excluding tert-OH is 6. The first-order valence-electron chi connectivity index (χ1n) is 10.00. The Morgan fingerprint density at radius 1 is 0.552 bits per heavy atom. The highest BCUT2D eigenvalue weighted by Crippen LogP contribution is 2.43. The summed E-state index contributed by atoms with van der Waals surface area (Å²) in [5.41, 5.74) is 0. The van der Waals surface area contributed by atoms with Crippen molar-refractivity contribution in [1.82, 2.24) is 0 Å². The smallest absolute Gasteiger partial charge is 0.328 e. The second-order valence-corrected chi connectivity index (χ2v) is 9.31. The molecule has 0 heterocycles. The van der Waals surface area contributed by atoms with E-state index in [1.807, 2.05) is 0 Å². The van der Waals surface area contributed by atoms with Crippen LogP contribution in [0.3, 0.4) is 0 Å². The Balaban J connectivity index is 4.71. The molecule has 6 N–H and O–H groups in total. The molecule has 0 bridgehead atoms. The van der Waals surface area contributed by atoms with Gasteiger partial charge < -0.3 is 48.7 Å². The summed E-state index contributed by atoms with van der Waals surface area (Å²) in [6, 6.07) is 0. The molecule has 0 rings (SSSR count). The molecule has 0 unspecified atom stereocenters. The highest BCUT2D eigenvalue weighted by Gasteiger charge is 2.30. The minimum Gasteiger partial charge on any atom is -0.391 e. The molecule has 11 nitrogen and oxygen atoms in total. The molecule has 0 radical (unpaired) electrons. The van der Waals surface area contributed by atoms with E-state index < -0.39 is 7.60 Å². The van der Waals surface area contributed by atoms with Crippen LogP contribution in [0, 0.1) is 0 Å². The third-order valence-electron chi connectivity index (χ3n) is 5.23. The van der Waals surface area contributed by atoms with Crippen molar-refractivity contribution in [3.8, 4) is 0 Å². The van der Waals surface area contributed by atoms with E-state index in [2.05, 4.69) is 0 Å². The zero-order valence-electron chi connectivity index (χ0n) is 17.6. The molecule has 0 aromatic rings. The summed E-state index contributed by atoms with van der Waals surface area (Å²) >= 11 is 0. The molecule has 0 aliphatic rings. The van der Waals surface area contributed by atoms with Crippen LogP contribution in [-0.2, 0) is 13.6 Å². The van der Waals surface area contributed by atoms with E-state index >= 15 is 0 Å². The largest absolute Gasteiger partial charge is 0.391 e. The van der Waals surface area contributed by atoms with Crippen molar-refractivity contribution >= 4 is 7.60 Å². The van der Waals surface area contributed by atoms with Gasteiger partial charge in [0.15, 0.2) is 0 Å². The van der Waals surface area contributed by atoms with Crippen molar-refractivity contribution in [1.29, 1.82) is 0 Å². The van der Waals surface area contributed by atoms with Crippen LogP contribution in [0.4, 0.5) is 0 Å². The lowest BCUT2D eigenvalue weighted by molar-refractivity contribution is -0.929. The van der Waals surface area contributed by atoms with E-state index in [0.717, 1.165) is 0 Å². The number of hydrogen-bond acceptors (Lipinski definition) is 9. The molecule has 0 aromatic carbocycles. The van der Waals surface area contributed by atoms with Crippen molar-refractivity contribution in [2.24, 2.45) is 0 Å². The van der Waals surface area contributed by atoms with Crippen LogP contribution in [0.25, 0.3) is 0 Å². The van der Waals surface area contributed by atoms with Crippen molar-refractivity contribution in [3.63, 3.8) is 0 Å². The summed E-state index contributed by atoms with van der Waals surface area (Å²) in [5.74, 6) is 0. The molecule has 0 aliphatic heterocycles. The molecule has 0 atom stereocenters. The number of hydrogen-bond donors (Lipinski definition) is 6. The van der Waals surface area contributed by atoms with Gasteiger partial charge in [0.25, 0.3) is 0 Å². The predicted octanol–water partition coefficient (Wildman–Crippen LogP) is -2.57. The van der Waals surface area contributed by atoms with Crippen LogP contribution in [0.5, 0.6) is 0 Å². The summed E-state index contributed by atoms with van der Waals surface area (Å²) < 4.78 is 23.9. The SMILES string of the molecule is CP(=O)(OCC[N+](CCO)(CCO)CCO)OCC[N+](CCO)(CCO)CCO. The molecule has 12 heteroatoms. The van der Waals surface area contributed by atoms with Crippen LogP contribution in [-0.4, -0.2) is 151 Å². The highest BCUT2D eigenvalue weighted by molar-refractivity contribution is 7.52. The maximum absolute atomic E-state index is 12.6. The summed E-state index contributed by atoms with van der Waals surface area (Å²) in [7, 11) is -3.37. The molecule has 29 heavy (non-hydrogen) atoms. The minimum absolute atomic E-state index is 0.0672. The number of rotatable bonds is 20. The zero-order chi connectivity index (χ0) is 22.2. The zero-order valence-corrected chi connectivity index (χ0v) is 18.5. The van der Waals surface area contributed by atoms with Gasteiger partial charge in [-0.05, 0) is 0 Å². The van der Waals surface area contributed by atoms with Gasteiger partial charge in [0.2, 0.25) is 0 Å². The van der Waals surface area contributed by atoms with Gasteiger partial charge in [0.05, 0.1) is 39.6 Å². The Morgan fingerprint density at radius 3 is 1.00 bits per heavy atom. The molecule has 0 aromatic heterocycles. The van der Waals surface area contributed by atoms with Gasteiger partial charge in [-0.15, -0.1) is 0 Å². The van der Waals surface area contributed by atoms with Gasteiger partial charge in [0.1, 0.15) is 65.6 Å². The molecular weight excluding hydrogens is 407 g/mol. The number of quaternary nitrogens is 2. The van der Waals surface area contributed by atoms with Crippen LogP contribution < -0.4 is 0 Å². The van der Waals surface area contributed by atoms with Crippen molar-refractivity contribution in [2.75, 3.05) is 112 Å². The fraction of sp³-hybridized carbons (Fsp3) is 1.00. The molecule has 0 saturated carbocycles. The van der Waals surface area contributed by atoms with Crippen molar-refractivity contribution in [2.45, 2.75) is 0 Å². The second kappa shape index (κ2) is 15.6. The van der Waals surface area contributed by atoms with Gasteiger partial charge in [-0.1, -0.05) is 0 Å². The van der Waals surface area contributed by atoms with Gasteiger partial charge in [-0.3, -0.25) is 4.57 Å². The highest BCUT2D eigenvalue weighted by atomic mass is 31.2. The quantitative estimate of drug-likeness (QED) is 0.0870. The maximum Gasteiger partial charge on any atom is 0.328 e. The van der Waals surface area contributed by atoms with Crippen molar-refractivity contribution < 1.29 is 53.2 Å². The average Bonchev–Trinajstić information content (AvgIpc) is 2.63.